The van der Waals surface area contributed by atoms with Crippen molar-refractivity contribution in [2.45, 2.75) is 60.5 Å². The van der Waals surface area contributed by atoms with Crippen LogP contribution < -0.4 is 4.74 Å². The minimum Gasteiger partial charge on any atom is -0.472 e. The standard InChI is InChI=1S/C11H16N2O2.2C2H6/c1-8-6-11(13-9(2)12-8)15-10-4-3-5-14-7-10;2*1-2/h6,10H,3-5,7H2,1-2H3;2*1-2H3/t10-;;/m1../s1. The number of aromatic nitrogens is 2. The van der Waals surface area contributed by atoms with E-state index in [9.17, 15) is 0 Å². The van der Waals surface area contributed by atoms with Gasteiger partial charge in [0.2, 0.25) is 5.88 Å². The summed E-state index contributed by atoms with van der Waals surface area (Å²) < 4.78 is 11.1. The monoisotopic (exact) mass is 268 g/mol. The summed E-state index contributed by atoms with van der Waals surface area (Å²) in [6, 6.07) is 1.86. The van der Waals surface area contributed by atoms with E-state index in [-0.39, 0.29) is 6.10 Å². The Kier molecular flexibility index (Phi) is 10.1. The molecule has 1 saturated heterocycles. The Morgan fingerprint density at radius 2 is 1.84 bits per heavy atom. The maximum absolute atomic E-state index is 5.74. The molecule has 0 amide bonds. The molecule has 2 heterocycles. The third kappa shape index (κ3) is 7.11. The molecular weight excluding hydrogens is 240 g/mol. The minimum absolute atomic E-state index is 0.146. The maximum Gasteiger partial charge on any atom is 0.217 e. The van der Waals surface area contributed by atoms with E-state index in [4.69, 9.17) is 9.47 Å². The van der Waals surface area contributed by atoms with Crippen LogP contribution in [0.15, 0.2) is 6.07 Å². The summed E-state index contributed by atoms with van der Waals surface area (Å²) in [7, 11) is 0. The summed E-state index contributed by atoms with van der Waals surface area (Å²) in [5, 5.41) is 0. The Balaban J connectivity index is 0.000000741. The summed E-state index contributed by atoms with van der Waals surface area (Å²) >= 11 is 0. The second kappa shape index (κ2) is 10.7. The highest BCUT2D eigenvalue weighted by atomic mass is 16.5. The van der Waals surface area contributed by atoms with Crippen LogP contribution >= 0.6 is 0 Å². The number of rotatable bonds is 2. The van der Waals surface area contributed by atoms with Crippen LogP contribution in [0.25, 0.3) is 0 Å². The highest BCUT2D eigenvalue weighted by Crippen LogP contribution is 2.15. The van der Waals surface area contributed by atoms with Crippen LogP contribution in [0.4, 0.5) is 0 Å². The van der Waals surface area contributed by atoms with Gasteiger partial charge in [-0.25, -0.2) is 4.98 Å². The van der Waals surface area contributed by atoms with E-state index in [2.05, 4.69) is 9.97 Å². The molecule has 0 spiro atoms. The zero-order chi connectivity index (χ0) is 14.7. The predicted molar refractivity (Wildman–Crippen MR) is 78.7 cm³/mol. The van der Waals surface area contributed by atoms with Gasteiger partial charge in [-0.15, -0.1) is 0 Å². The molecule has 0 aliphatic carbocycles. The molecule has 0 saturated carbocycles. The zero-order valence-corrected chi connectivity index (χ0v) is 13.2. The molecule has 4 heteroatoms. The fourth-order valence-electron chi connectivity index (χ4n) is 1.72. The Hall–Kier alpha value is -1.16. The van der Waals surface area contributed by atoms with Crippen LogP contribution in [0, 0.1) is 13.8 Å². The van der Waals surface area contributed by atoms with Crippen molar-refractivity contribution < 1.29 is 9.47 Å². The zero-order valence-electron chi connectivity index (χ0n) is 13.2. The molecule has 19 heavy (non-hydrogen) atoms. The number of aryl methyl sites for hydroxylation is 2. The Labute approximate surface area is 117 Å². The van der Waals surface area contributed by atoms with Crippen molar-refractivity contribution in [2.75, 3.05) is 13.2 Å². The highest BCUT2D eigenvalue weighted by Gasteiger charge is 2.16. The molecule has 0 bridgehead atoms. The third-order valence-corrected chi connectivity index (χ3v) is 2.35. The van der Waals surface area contributed by atoms with Crippen LogP contribution in [0.3, 0.4) is 0 Å². The molecule has 1 atom stereocenters. The maximum atomic E-state index is 5.74. The van der Waals surface area contributed by atoms with Gasteiger partial charge in [-0.1, -0.05) is 27.7 Å². The van der Waals surface area contributed by atoms with Gasteiger partial charge in [-0.05, 0) is 26.7 Å². The molecule has 4 nitrogen and oxygen atoms in total. The first-order valence-corrected chi connectivity index (χ1v) is 7.31. The van der Waals surface area contributed by atoms with E-state index in [0.717, 1.165) is 31.0 Å². The normalized spacial score (nSPS) is 17.5. The second-order valence-electron chi connectivity index (χ2n) is 3.85. The van der Waals surface area contributed by atoms with E-state index in [0.29, 0.717) is 12.5 Å². The van der Waals surface area contributed by atoms with Crippen LogP contribution in [-0.4, -0.2) is 29.3 Å². The first-order valence-electron chi connectivity index (χ1n) is 7.31. The average molecular weight is 268 g/mol. The Bertz CT molecular complexity index is 317. The van der Waals surface area contributed by atoms with Crippen molar-refractivity contribution in [1.29, 1.82) is 0 Å². The molecule has 1 aromatic heterocycles. The fraction of sp³-hybridized carbons (Fsp3) is 0.733. The van der Waals surface area contributed by atoms with Crippen molar-refractivity contribution in [3.05, 3.63) is 17.6 Å². The quantitative estimate of drug-likeness (QED) is 0.820. The summed E-state index contributed by atoms with van der Waals surface area (Å²) in [4.78, 5) is 8.44. The SMILES string of the molecule is CC.CC.Cc1cc(O[C@@H]2CCCOC2)nc(C)n1. The molecule has 1 aliphatic heterocycles. The van der Waals surface area contributed by atoms with Gasteiger partial charge < -0.3 is 9.47 Å². The van der Waals surface area contributed by atoms with E-state index in [1.807, 2.05) is 47.6 Å². The highest BCUT2D eigenvalue weighted by molar-refractivity contribution is 5.15. The van der Waals surface area contributed by atoms with E-state index < -0.39 is 0 Å². The Morgan fingerprint density at radius 3 is 2.37 bits per heavy atom. The molecule has 0 aromatic carbocycles. The van der Waals surface area contributed by atoms with Gasteiger partial charge in [0.1, 0.15) is 11.9 Å². The molecule has 1 fully saturated rings. The van der Waals surface area contributed by atoms with Crippen LogP contribution in [0.1, 0.15) is 52.1 Å². The molecule has 0 unspecified atom stereocenters. The summed E-state index contributed by atoms with van der Waals surface area (Å²) in [6.07, 6.45) is 2.25. The molecule has 2 rings (SSSR count). The van der Waals surface area contributed by atoms with Crippen molar-refractivity contribution in [2.24, 2.45) is 0 Å². The summed E-state index contributed by atoms with van der Waals surface area (Å²) in [6.45, 7) is 13.3. The van der Waals surface area contributed by atoms with Crippen molar-refractivity contribution in [3.63, 3.8) is 0 Å². The lowest BCUT2D eigenvalue weighted by Gasteiger charge is -2.22. The van der Waals surface area contributed by atoms with Gasteiger partial charge in [-0.2, -0.15) is 4.98 Å². The third-order valence-electron chi connectivity index (χ3n) is 2.35. The lowest BCUT2D eigenvalue weighted by molar-refractivity contribution is 0.00534. The Morgan fingerprint density at radius 1 is 1.16 bits per heavy atom. The van der Waals surface area contributed by atoms with Crippen LogP contribution in [0.2, 0.25) is 0 Å². The van der Waals surface area contributed by atoms with Gasteiger partial charge in [0.15, 0.2) is 0 Å². The van der Waals surface area contributed by atoms with Gasteiger partial charge >= 0.3 is 0 Å². The van der Waals surface area contributed by atoms with Crippen LogP contribution in [-0.2, 0) is 4.74 Å². The smallest absolute Gasteiger partial charge is 0.217 e. The summed E-state index contributed by atoms with van der Waals surface area (Å²) in [5.74, 6) is 1.41. The number of nitrogens with zero attached hydrogens (tertiary/aromatic N) is 2. The molecule has 0 radical (unpaired) electrons. The fourth-order valence-corrected chi connectivity index (χ4v) is 1.72. The summed E-state index contributed by atoms with van der Waals surface area (Å²) in [5.41, 5.74) is 0.939. The van der Waals surface area contributed by atoms with E-state index in [1.165, 1.54) is 0 Å². The van der Waals surface area contributed by atoms with Gasteiger partial charge in [0, 0.05) is 18.4 Å². The molecule has 0 N–H and O–H groups in total. The molecule has 1 aliphatic rings. The lowest BCUT2D eigenvalue weighted by atomic mass is 10.2. The largest absolute Gasteiger partial charge is 0.472 e. The molecule has 1 aromatic rings. The minimum atomic E-state index is 0.146. The topological polar surface area (TPSA) is 44.2 Å². The van der Waals surface area contributed by atoms with Crippen molar-refractivity contribution in [3.8, 4) is 5.88 Å². The first kappa shape index (κ1) is 17.8. The van der Waals surface area contributed by atoms with Gasteiger partial charge in [0.25, 0.3) is 0 Å². The van der Waals surface area contributed by atoms with E-state index in [1.54, 1.807) is 0 Å². The van der Waals surface area contributed by atoms with Crippen LogP contribution in [0.5, 0.6) is 5.88 Å². The average Bonchev–Trinajstić information content (AvgIpc) is 2.43. The molecule has 110 valence electrons. The van der Waals surface area contributed by atoms with Gasteiger partial charge in [0.05, 0.1) is 6.61 Å². The molecular formula is C15H28N2O2. The predicted octanol–water partition coefficient (Wildman–Crippen LogP) is 3.70. The number of ether oxygens (including phenoxy) is 2. The van der Waals surface area contributed by atoms with Gasteiger partial charge in [-0.3, -0.25) is 0 Å². The number of hydrogen-bond acceptors (Lipinski definition) is 4. The lowest BCUT2D eigenvalue weighted by Crippen LogP contribution is -2.28. The van der Waals surface area contributed by atoms with Crippen molar-refractivity contribution in [1.82, 2.24) is 9.97 Å². The second-order valence-corrected chi connectivity index (χ2v) is 3.85. The first-order chi connectivity index (χ1) is 9.24. The number of hydrogen-bond donors (Lipinski definition) is 0. The van der Waals surface area contributed by atoms with E-state index >= 15 is 0 Å². The van der Waals surface area contributed by atoms with Crippen molar-refractivity contribution >= 4 is 0 Å².